The van der Waals surface area contributed by atoms with Crippen molar-refractivity contribution in [2.45, 2.75) is 27.7 Å². The van der Waals surface area contributed by atoms with Gasteiger partial charge in [-0.1, -0.05) is 32.0 Å². The smallest absolute Gasteiger partial charge is 0.366 e. The van der Waals surface area contributed by atoms with Crippen LogP contribution in [0.15, 0.2) is 41.7 Å². The molecule has 0 aromatic heterocycles. The van der Waals surface area contributed by atoms with Crippen LogP contribution in [0.25, 0.3) is 0 Å². The number of benzene rings is 1. The van der Waals surface area contributed by atoms with Gasteiger partial charge in [-0.05, 0) is 31.6 Å². The van der Waals surface area contributed by atoms with Crippen LogP contribution in [0.3, 0.4) is 0 Å². The van der Waals surface area contributed by atoms with Gasteiger partial charge in [0.1, 0.15) is 5.82 Å². The van der Waals surface area contributed by atoms with Crippen molar-refractivity contribution >= 4 is 5.97 Å². The molecular formula is C14H20F2O2. The third-order valence-electron chi connectivity index (χ3n) is 1.54. The van der Waals surface area contributed by atoms with E-state index in [9.17, 15) is 13.6 Å². The summed E-state index contributed by atoms with van der Waals surface area (Å²) in [6, 6.07) is 7.94. The van der Waals surface area contributed by atoms with Crippen molar-refractivity contribution in [3.8, 4) is 0 Å². The summed E-state index contributed by atoms with van der Waals surface area (Å²) in [5.74, 6) is -1.89. The highest BCUT2D eigenvalue weighted by Gasteiger charge is 2.08. The molecule has 0 aliphatic carbocycles. The standard InChI is InChI=1S/C6H9FO2.C6H5F.C2H6/c1-4(2)5(7)6(8)9-3;7-6-4-2-1-3-5-6;1-2/h1-3H3;1-5H;1-2H3. The Labute approximate surface area is 107 Å². The van der Waals surface area contributed by atoms with E-state index in [0.717, 1.165) is 7.11 Å². The summed E-state index contributed by atoms with van der Waals surface area (Å²) in [5.41, 5.74) is 0.335. The lowest BCUT2D eigenvalue weighted by atomic mass is 10.3. The van der Waals surface area contributed by atoms with Gasteiger partial charge in [-0.3, -0.25) is 0 Å². The minimum Gasteiger partial charge on any atom is -0.464 e. The van der Waals surface area contributed by atoms with E-state index in [0.29, 0.717) is 5.57 Å². The highest BCUT2D eigenvalue weighted by molar-refractivity contribution is 5.86. The van der Waals surface area contributed by atoms with Gasteiger partial charge in [0.15, 0.2) is 0 Å². The van der Waals surface area contributed by atoms with Gasteiger partial charge in [-0.25, -0.2) is 9.18 Å². The van der Waals surface area contributed by atoms with Crippen LogP contribution in [-0.4, -0.2) is 13.1 Å². The van der Waals surface area contributed by atoms with E-state index < -0.39 is 11.8 Å². The Balaban J connectivity index is 0. The zero-order valence-corrected chi connectivity index (χ0v) is 11.5. The third kappa shape index (κ3) is 9.51. The van der Waals surface area contributed by atoms with Crippen LogP contribution in [0, 0.1) is 5.82 Å². The molecule has 0 fully saturated rings. The van der Waals surface area contributed by atoms with E-state index in [1.165, 1.54) is 26.0 Å². The second-order valence-electron chi connectivity index (χ2n) is 3.10. The second-order valence-corrected chi connectivity index (χ2v) is 3.10. The topological polar surface area (TPSA) is 26.3 Å². The molecule has 0 heterocycles. The minimum absolute atomic E-state index is 0.178. The van der Waals surface area contributed by atoms with E-state index in [1.54, 1.807) is 18.2 Å². The first-order valence-corrected chi connectivity index (χ1v) is 5.61. The average molecular weight is 258 g/mol. The van der Waals surface area contributed by atoms with Crippen molar-refractivity contribution < 1.29 is 18.3 Å². The second kappa shape index (κ2) is 11.8. The fourth-order valence-corrected chi connectivity index (χ4v) is 0.708. The molecule has 0 amide bonds. The number of esters is 1. The maximum absolute atomic E-state index is 12.3. The summed E-state index contributed by atoms with van der Waals surface area (Å²) in [4.78, 5) is 10.3. The van der Waals surface area contributed by atoms with E-state index in [-0.39, 0.29) is 5.82 Å². The van der Waals surface area contributed by atoms with Gasteiger partial charge < -0.3 is 4.74 Å². The molecule has 0 aliphatic heterocycles. The lowest BCUT2D eigenvalue weighted by molar-refractivity contribution is -0.137. The molecule has 0 atom stereocenters. The lowest BCUT2D eigenvalue weighted by Crippen LogP contribution is -2.01. The number of halogens is 2. The number of carbonyl (C=O) groups excluding carboxylic acids is 1. The monoisotopic (exact) mass is 258 g/mol. The molecule has 1 rings (SSSR count). The molecule has 0 bridgehead atoms. The maximum atomic E-state index is 12.3. The highest BCUT2D eigenvalue weighted by Crippen LogP contribution is 2.05. The predicted octanol–water partition coefficient (Wildman–Crippen LogP) is 4.27. The molecule has 0 unspecified atom stereocenters. The first kappa shape index (κ1) is 18.6. The predicted molar refractivity (Wildman–Crippen MR) is 69.2 cm³/mol. The molecule has 1 aromatic carbocycles. The van der Waals surface area contributed by atoms with Gasteiger partial charge in [0.05, 0.1) is 7.11 Å². The van der Waals surface area contributed by atoms with E-state index >= 15 is 0 Å². The number of hydrogen-bond donors (Lipinski definition) is 0. The van der Waals surface area contributed by atoms with E-state index in [2.05, 4.69) is 4.74 Å². The van der Waals surface area contributed by atoms with E-state index in [1.807, 2.05) is 13.8 Å². The van der Waals surface area contributed by atoms with Crippen molar-refractivity contribution in [1.82, 2.24) is 0 Å². The van der Waals surface area contributed by atoms with Crippen LogP contribution in [0.4, 0.5) is 8.78 Å². The largest absolute Gasteiger partial charge is 0.464 e. The number of methoxy groups -OCH3 is 1. The van der Waals surface area contributed by atoms with Gasteiger partial charge in [-0.2, -0.15) is 4.39 Å². The fourth-order valence-electron chi connectivity index (χ4n) is 0.708. The molecule has 2 nitrogen and oxygen atoms in total. The number of rotatable bonds is 1. The first-order chi connectivity index (χ1) is 8.49. The Kier molecular flexibility index (Phi) is 12.2. The molecule has 0 N–H and O–H groups in total. The van der Waals surface area contributed by atoms with Gasteiger partial charge >= 0.3 is 5.97 Å². The zero-order valence-electron chi connectivity index (χ0n) is 11.5. The Morgan fingerprint density at radius 1 is 1.11 bits per heavy atom. The van der Waals surface area contributed by atoms with Crippen LogP contribution >= 0.6 is 0 Å². The third-order valence-corrected chi connectivity index (χ3v) is 1.54. The number of carbonyl (C=O) groups is 1. The summed E-state index contributed by atoms with van der Waals surface area (Å²) in [5, 5.41) is 0. The first-order valence-electron chi connectivity index (χ1n) is 5.61. The van der Waals surface area contributed by atoms with Crippen molar-refractivity contribution in [2.24, 2.45) is 0 Å². The molecule has 0 aliphatic rings. The summed E-state index contributed by atoms with van der Waals surface area (Å²) in [6.45, 7) is 7.01. The van der Waals surface area contributed by atoms with E-state index in [4.69, 9.17) is 0 Å². The highest BCUT2D eigenvalue weighted by atomic mass is 19.1. The number of hydrogen-bond acceptors (Lipinski definition) is 2. The van der Waals surface area contributed by atoms with Crippen molar-refractivity contribution in [1.29, 1.82) is 0 Å². The Morgan fingerprint density at radius 3 is 1.72 bits per heavy atom. The summed E-state index contributed by atoms with van der Waals surface area (Å²) < 4.78 is 28.3. The van der Waals surface area contributed by atoms with Crippen LogP contribution in [0.2, 0.25) is 0 Å². The van der Waals surface area contributed by atoms with Crippen LogP contribution in [-0.2, 0) is 9.53 Å². The fraction of sp³-hybridized carbons (Fsp3) is 0.357. The van der Waals surface area contributed by atoms with Crippen molar-refractivity contribution in [2.75, 3.05) is 7.11 Å². The molecule has 0 spiro atoms. The SMILES string of the molecule is CC.COC(=O)C(F)=C(C)C.Fc1ccccc1. The Bertz CT molecular complexity index is 355. The zero-order chi connectivity index (χ0) is 14.6. The molecule has 0 radical (unpaired) electrons. The average Bonchev–Trinajstić information content (AvgIpc) is 2.40. The molecule has 102 valence electrons. The van der Waals surface area contributed by atoms with Crippen LogP contribution in [0.5, 0.6) is 0 Å². The Hall–Kier alpha value is -1.71. The molecular weight excluding hydrogens is 238 g/mol. The summed E-state index contributed by atoms with van der Waals surface area (Å²) in [6.07, 6.45) is 0. The molecule has 0 saturated heterocycles. The van der Waals surface area contributed by atoms with Gasteiger partial charge in [-0.15, -0.1) is 0 Å². The van der Waals surface area contributed by atoms with Crippen molar-refractivity contribution in [3.05, 3.63) is 47.5 Å². The maximum Gasteiger partial charge on any atom is 0.366 e. The van der Waals surface area contributed by atoms with Gasteiger partial charge in [0, 0.05) is 0 Å². The Morgan fingerprint density at radius 2 is 1.56 bits per heavy atom. The quantitative estimate of drug-likeness (QED) is 0.555. The van der Waals surface area contributed by atoms with Crippen LogP contribution < -0.4 is 0 Å². The van der Waals surface area contributed by atoms with Gasteiger partial charge in [0.2, 0.25) is 5.83 Å². The molecule has 18 heavy (non-hydrogen) atoms. The lowest BCUT2D eigenvalue weighted by Gasteiger charge is -1.94. The van der Waals surface area contributed by atoms with Gasteiger partial charge in [0.25, 0.3) is 0 Å². The number of allylic oxidation sites excluding steroid dienone is 1. The number of ether oxygens (including phenoxy) is 1. The summed E-state index contributed by atoms with van der Waals surface area (Å²) in [7, 11) is 1.14. The van der Waals surface area contributed by atoms with Crippen molar-refractivity contribution in [3.63, 3.8) is 0 Å². The molecule has 4 heteroatoms. The normalized spacial score (nSPS) is 7.94. The minimum atomic E-state index is -0.907. The van der Waals surface area contributed by atoms with Crippen LogP contribution in [0.1, 0.15) is 27.7 Å². The molecule has 0 saturated carbocycles. The summed E-state index contributed by atoms with van der Waals surface area (Å²) >= 11 is 0. The molecule has 1 aromatic rings.